The molecule has 4 rings (SSSR count). The second kappa shape index (κ2) is 6.77. The summed E-state index contributed by atoms with van der Waals surface area (Å²) >= 11 is 0. The number of fused-ring (bicyclic) bond motifs is 1. The molecule has 0 aliphatic heterocycles. The molecular weight excluding hydrogens is 368 g/mol. The van der Waals surface area contributed by atoms with E-state index < -0.39 is 5.91 Å². The fourth-order valence-electron chi connectivity index (χ4n) is 3.13. The van der Waals surface area contributed by atoms with E-state index in [0.717, 1.165) is 22.4 Å². The van der Waals surface area contributed by atoms with Gasteiger partial charge < -0.3 is 5.73 Å². The summed E-state index contributed by atoms with van der Waals surface area (Å²) in [5.74, 6) is 0.850. The van der Waals surface area contributed by atoms with Gasteiger partial charge in [0.05, 0.1) is 34.9 Å². The summed E-state index contributed by atoms with van der Waals surface area (Å²) in [6, 6.07) is 9.53. The van der Waals surface area contributed by atoms with Crippen LogP contribution in [-0.2, 0) is 16.8 Å². The van der Waals surface area contributed by atoms with Crippen molar-refractivity contribution in [1.82, 2.24) is 34.5 Å². The lowest BCUT2D eigenvalue weighted by Gasteiger charge is -2.22. The Bertz CT molecular complexity index is 1210. The van der Waals surface area contributed by atoms with Gasteiger partial charge in [-0.3, -0.25) is 14.5 Å². The summed E-state index contributed by atoms with van der Waals surface area (Å²) in [6.07, 6.45) is 1.57. The molecule has 0 unspecified atom stereocenters. The Morgan fingerprint density at radius 3 is 2.52 bits per heavy atom. The van der Waals surface area contributed by atoms with Crippen LogP contribution in [-0.4, -0.2) is 40.4 Å². The third-order valence-corrected chi connectivity index (χ3v) is 4.33. The molecule has 0 spiro atoms. The Hall–Kier alpha value is -3.62. The number of carbonyl (C=O) groups excluding carboxylic acids is 1. The largest absolute Gasteiger partial charge is 0.369 e. The van der Waals surface area contributed by atoms with Gasteiger partial charge in [0.25, 0.3) is 0 Å². The van der Waals surface area contributed by atoms with Crippen molar-refractivity contribution in [2.24, 2.45) is 5.73 Å². The molecule has 3 aromatic heterocycles. The van der Waals surface area contributed by atoms with Crippen LogP contribution in [0.2, 0.25) is 0 Å². The molecule has 29 heavy (non-hydrogen) atoms. The third kappa shape index (κ3) is 3.58. The molecule has 1 amide bonds. The van der Waals surface area contributed by atoms with Crippen LogP contribution in [0.5, 0.6) is 0 Å². The highest BCUT2D eigenvalue weighted by Crippen LogP contribution is 2.27. The van der Waals surface area contributed by atoms with Crippen molar-refractivity contribution in [3.8, 4) is 17.3 Å². The molecule has 0 radical (unpaired) electrons. The summed E-state index contributed by atoms with van der Waals surface area (Å²) in [7, 11) is 0. The van der Waals surface area contributed by atoms with E-state index in [4.69, 9.17) is 5.73 Å². The van der Waals surface area contributed by atoms with Crippen LogP contribution in [0.15, 0.2) is 36.5 Å². The molecule has 0 fully saturated rings. The fraction of sp³-hybridized carbons (Fsp3) is 0.300. The lowest BCUT2D eigenvalue weighted by molar-refractivity contribution is -0.117. The van der Waals surface area contributed by atoms with E-state index in [-0.39, 0.29) is 12.0 Å². The third-order valence-electron chi connectivity index (χ3n) is 4.33. The van der Waals surface area contributed by atoms with Gasteiger partial charge in [-0.2, -0.15) is 9.78 Å². The van der Waals surface area contributed by atoms with Crippen LogP contribution >= 0.6 is 0 Å². The van der Waals surface area contributed by atoms with Crippen LogP contribution in [0.4, 0.5) is 0 Å². The van der Waals surface area contributed by atoms with Crippen molar-refractivity contribution >= 4 is 16.9 Å². The lowest BCUT2D eigenvalue weighted by Crippen LogP contribution is -2.24. The molecule has 0 aliphatic carbocycles. The molecule has 3 heterocycles. The van der Waals surface area contributed by atoms with Gasteiger partial charge in [-0.1, -0.05) is 12.1 Å². The second-order valence-corrected chi connectivity index (χ2v) is 7.88. The van der Waals surface area contributed by atoms with Crippen LogP contribution in [0.1, 0.15) is 32.3 Å². The van der Waals surface area contributed by atoms with Crippen molar-refractivity contribution in [3.63, 3.8) is 0 Å². The minimum atomic E-state index is -0.501. The van der Waals surface area contributed by atoms with Gasteiger partial charge in [-0.15, -0.1) is 5.10 Å². The molecule has 9 nitrogen and oxygen atoms in total. The molecule has 0 saturated carbocycles. The minimum absolute atomic E-state index is 0.0658. The number of nitrogens with two attached hydrogens (primary N) is 1. The first-order valence-electron chi connectivity index (χ1n) is 9.26. The van der Waals surface area contributed by atoms with E-state index in [1.165, 1.54) is 0 Å². The number of primary amides is 1. The topological polar surface area (TPSA) is 117 Å². The normalized spacial score (nSPS) is 11.9. The number of aryl methyl sites for hydroxylation is 1. The predicted molar refractivity (Wildman–Crippen MR) is 108 cm³/mol. The molecule has 0 aliphatic rings. The van der Waals surface area contributed by atoms with E-state index in [9.17, 15) is 4.79 Å². The number of benzene rings is 1. The molecule has 1 aromatic carbocycles. The molecule has 0 saturated heterocycles. The highest BCUT2D eigenvalue weighted by atomic mass is 16.1. The summed E-state index contributed by atoms with van der Waals surface area (Å²) in [5, 5.41) is 9.12. The fourth-order valence-corrected chi connectivity index (χ4v) is 3.13. The minimum Gasteiger partial charge on any atom is -0.369 e. The first-order valence-corrected chi connectivity index (χ1v) is 9.26. The number of rotatable bonds is 4. The zero-order valence-electron chi connectivity index (χ0n) is 16.8. The van der Waals surface area contributed by atoms with E-state index in [2.05, 4.69) is 45.9 Å². The van der Waals surface area contributed by atoms with Crippen molar-refractivity contribution in [3.05, 3.63) is 48.0 Å². The van der Waals surface area contributed by atoms with Gasteiger partial charge >= 0.3 is 0 Å². The first kappa shape index (κ1) is 18.7. The Morgan fingerprint density at radius 2 is 1.83 bits per heavy atom. The van der Waals surface area contributed by atoms with E-state index in [1.807, 2.05) is 41.9 Å². The second-order valence-electron chi connectivity index (χ2n) is 7.88. The van der Waals surface area contributed by atoms with E-state index in [0.29, 0.717) is 17.5 Å². The predicted octanol–water partition coefficient (Wildman–Crippen LogP) is 2.17. The SMILES string of the molecule is Cc1cc(-c2nc(CC(N)=O)nn2-c2cnc3ccccc3n2)n(C(C)(C)C)n1. The van der Waals surface area contributed by atoms with E-state index >= 15 is 0 Å². The van der Waals surface area contributed by atoms with Gasteiger partial charge in [0, 0.05) is 0 Å². The van der Waals surface area contributed by atoms with Crippen molar-refractivity contribution in [2.75, 3.05) is 0 Å². The lowest BCUT2D eigenvalue weighted by atomic mass is 10.1. The number of amides is 1. The number of hydrogen-bond donors (Lipinski definition) is 1. The highest BCUT2D eigenvalue weighted by molar-refractivity contribution is 5.76. The van der Waals surface area contributed by atoms with E-state index in [1.54, 1.807) is 10.9 Å². The molecule has 0 bridgehead atoms. The Morgan fingerprint density at radius 1 is 1.10 bits per heavy atom. The Labute approximate surface area is 167 Å². The zero-order valence-corrected chi connectivity index (χ0v) is 16.8. The maximum atomic E-state index is 11.5. The highest BCUT2D eigenvalue weighted by Gasteiger charge is 2.25. The number of aromatic nitrogens is 7. The number of nitrogens with zero attached hydrogens (tertiary/aromatic N) is 7. The van der Waals surface area contributed by atoms with Crippen LogP contribution in [0.25, 0.3) is 28.4 Å². The molecule has 0 atom stereocenters. The first-order chi connectivity index (χ1) is 13.7. The maximum absolute atomic E-state index is 11.5. The van der Waals surface area contributed by atoms with Gasteiger partial charge in [-0.25, -0.2) is 9.97 Å². The smallest absolute Gasteiger partial charge is 0.225 e. The van der Waals surface area contributed by atoms with Crippen molar-refractivity contribution in [2.45, 2.75) is 39.7 Å². The van der Waals surface area contributed by atoms with Gasteiger partial charge in [-0.05, 0) is 45.9 Å². The average molecular weight is 390 g/mol. The monoisotopic (exact) mass is 390 g/mol. The maximum Gasteiger partial charge on any atom is 0.225 e. The van der Waals surface area contributed by atoms with Crippen LogP contribution in [0.3, 0.4) is 0 Å². The molecule has 2 N–H and O–H groups in total. The van der Waals surface area contributed by atoms with Crippen molar-refractivity contribution in [1.29, 1.82) is 0 Å². The van der Waals surface area contributed by atoms with Crippen LogP contribution in [0, 0.1) is 6.92 Å². The number of hydrogen-bond acceptors (Lipinski definition) is 6. The van der Waals surface area contributed by atoms with Crippen molar-refractivity contribution < 1.29 is 4.79 Å². The van der Waals surface area contributed by atoms with Crippen LogP contribution < -0.4 is 5.73 Å². The summed E-state index contributed by atoms with van der Waals surface area (Å²) in [4.78, 5) is 25.2. The molecule has 148 valence electrons. The zero-order chi connectivity index (χ0) is 20.8. The number of carbonyl (C=O) groups is 1. The summed E-state index contributed by atoms with van der Waals surface area (Å²) < 4.78 is 3.49. The quantitative estimate of drug-likeness (QED) is 0.571. The molecule has 9 heteroatoms. The standard InChI is InChI=1S/C20H22N8O/c1-12-9-15(28(25-12)20(2,3)4)19-24-17(10-16(21)29)26-27(19)18-11-22-13-7-5-6-8-14(13)23-18/h5-9,11H,10H2,1-4H3,(H2,21,29). The van der Waals surface area contributed by atoms with Gasteiger partial charge in [0.2, 0.25) is 5.91 Å². The number of para-hydroxylation sites is 2. The van der Waals surface area contributed by atoms with Gasteiger partial charge in [0.1, 0.15) is 5.69 Å². The Balaban J connectivity index is 1.94. The summed E-state index contributed by atoms with van der Waals surface area (Å²) in [5.41, 5.74) is 8.23. The summed E-state index contributed by atoms with van der Waals surface area (Å²) in [6.45, 7) is 8.10. The van der Waals surface area contributed by atoms with Gasteiger partial charge in [0.15, 0.2) is 17.5 Å². The molecule has 4 aromatic rings. The molecular formula is C20H22N8O. The average Bonchev–Trinajstić information content (AvgIpc) is 3.24. The Kier molecular flexibility index (Phi) is 4.37.